The first-order valence-electron chi connectivity index (χ1n) is 7.42. The van der Waals surface area contributed by atoms with E-state index >= 15 is 0 Å². The highest BCUT2D eigenvalue weighted by atomic mass is 16.5. The molecule has 1 atom stereocenters. The van der Waals surface area contributed by atoms with Crippen molar-refractivity contribution in [2.24, 2.45) is 12.0 Å². The van der Waals surface area contributed by atoms with E-state index in [0.717, 1.165) is 12.1 Å². The average molecular weight is 309 g/mol. The molecule has 7 nitrogen and oxygen atoms in total. The fourth-order valence-corrected chi connectivity index (χ4v) is 2.28. The zero-order chi connectivity index (χ0) is 16.7. The highest BCUT2D eigenvalue weighted by Gasteiger charge is 2.14. The third-order valence-corrected chi connectivity index (χ3v) is 3.63. The van der Waals surface area contributed by atoms with E-state index in [1.165, 1.54) is 18.4 Å². The molecule has 0 spiro atoms. The highest BCUT2D eigenvalue weighted by molar-refractivity contribution is 5.80. The summed E-state index contributed by atoms with van der Waals surface area (Å²) in [5.41, 5.74) is 3.49. The number of hydrogen-bond acceptors (Lipinski definition) is 4. The van der Waals surface area contributed by atoms with E-state index in [9.17, 15) is 4.79 Å². The quantitative estimate of drug-likeness (QED) is 0.459. The maximum atomic E-state index is 11.1. The Morgan fingerprint density at radius 2 is 2.14 bits per heavy atom. The van der Waals surface area contributed by atoms with Gasteiger partial charge in [-0.1, -0.05) is 0 Å². The third kappa shape index (κ3) is 5.05. The number of esters is 1. The van der Waals surface area contributed by atoms with Crippen LogP contribution in [0.4, 0.5) is 0 Å². The molecule has 0 aromatic carbocycles. The van der Waals surface area contributed by atoms with Crippen LogP contribution in [0.2, 0.25) is 0 Å². The van der Waals surface area contributed by atoms with Gasteiger partial charge in [0, 0.05) is 32.4 Å². The third-order valence-electron chi connectivity index (χ3n) is 3.63. The van der Waals surface area contributed by atoms with Crippen LogP contribution in [-0.4, -0.2) is 48.5 Å². The fourth-order valence-electron chi connectivity index (χ4n) is 2.28. The predicted octanol–water partition coefficient (Wildman–Crippen LogP) is 0.696. The van der Waals surface area contributed by atoms with Crippen molar-refractivity contribution in [1.29, 1.82) is 0 Å². The lowest BCUT2D eigenvalue weighted by atomic mass is 10.1. The number of aromatic nitrogens is 2. The molecule has 0 amide bonds. The van der Waals surface area contributed by atoms with Gasteiger partial charge >= 0.3 is 5.97 Å². The molecule has 1 rings (SSSR count). The van der Waals surface area contributed by atoms with Gasteiger partial charge in [0.2, 0.25) is 0 Å². The summed E-state index contributed by atoms with van der Waals surface area (Å²) in [6, 6.07) is 0.200. The summed E-state index contributed by atoms with van der Waals surface area (Å²) >= 11 is 0. The van der Waals surface area contributed by atoms with Gasteiger partial charge in [0.25, 0.3) is 0 Å². The van der Waals surface area contributed by atoms with Gasteiger partial charge in [0.15, 0.2) is 5.96 Å². The van der Waals surface area contributed by atoms with Gasteiger partial charge in [-0.05, 0) is 32.8 Å². The number of ether oxygens (including phenoxy) is 1. The Balaban J connectivity index is 2.51. The minimum absolute atomic E-state index is 0.200. The summed E-state index contributed by atoms with van der Waals surface area (Å²) in [7, 11) is 5.05. The summed E-state index contributed by atoms with van der Waals surface area (Å²) in [4.78, 5) is 15.3. The molecule has 0 saturated heterocycles. The Hall–Kier alpha value is -2.05. The van der Waals surface area contributed by atoms with E-state index in [-0.39, 0.29) is 12.0 Å². The zero-order valence-electron chi connectivity index (χ0n) is 14.4. The van der Waals surface area contributed by atoms with Crippen LogP contribution in [0.1, 0.15) is 30.3 Å². The van der Waals surface area contributed by atoms with Gasteiger partial charge in [-0.2, -0.15) is 5.10 Å². The fraction of sp³-hybridized carbons (Fsp3) is 0.667. The van der Waals surface area contributed by atoms with Crippen molar-refractivity contribution in [2.75, 3.05) is 20.7 Å². The molecule has 1 aromatic heterocycles. The van der Waals surface area contributed by atoms with Crippen molar-refractivity contribution >= 4 is 11.9 Å². The average Bonchev–Trinajstić information content (AvgIpc) is 2.72. The van der Waals surface area contributed by atoms with Gasteiger partial charge in [0.05, 0.1) is 19.2 Å². The number of rotatable bonds is 6. The summed E-state index contributed by atoms with van der Waals surface area (Å²) in [5.74, 6) is 0.438. The summed E-state index contributed by atoms with van der Waals surface area (Å²) in [5, 5.41) is 10.9. The number of hydrogen-bond donors (Lipinski definition) is 2. The first-order valence-corrected chi connectivity index (χ1v) is 7.42. The minimum Gasteiger partial charge on any atom is -0.469 e. The van der Waals surface area contributed by atoms with Crippen molar-refractivity contribution in [2.45, 2.75) is 39.7 Å². The Kier molecular flexibility index (Phi) is 6.88. The second-order valence-corrected chi connectivity index (χ2v) is 5.35. The largest absolute Gasteiger partial charge is 0.469 e. The van der Waals surface area contributed by atoms with Crippen LogP contribution < -0.4 is 10.6 Å². The van der Waals surface area contributed by atoms with E-state index in [1.807, 2.05) is 18.7 Å². The molecule has 1 unspecified atom stereocenters. The van der Waals surface area contributed by atoms with Crippen LogP contribution >= 0.6 is 0 Å². The smallest absolute Gasteiger partial charge is 0.307 e. The maximum Gasteiger partial charge on any atom is 0.307 e. The highest BCUT2D eigenvalue weighted by Crippen LogP contribution is 2.13. The first-order chi connectivity index (χ1) is 10.4. The Labute approximate surface area is 132 Å². The van der Waals surface area contributed by atoms with E-state index in [1.54, 1.807) is 7.05 Å². The second-order valence-electron chi connectivity index (χ2n) is 5.35. The van der Waals surface area contributed by atoms with Crippen molar-refractivity contribution in [3.05, 3.63) is 17.0 Å². The van der Waals surface area contributed by atoms with Gasteiger partial charge < -0.3 is 15.4 Å². The Morgan fingerprint density at radius 1 is 1.45 bits per heavy atom. The lowest BCUT2D eigenvalue weighted by Crippen LogP contribution is -2.43. The van der Waals surface area contributed by atoms with E-state index in [2.05, 4.69) is 39.3 Å². The molecule has 0 aliphatic rings. The SMILES string of the molecule is CN=C(NCCC(=O)OC)NC(C)Cc1c(C)nn(C)c1C. The van der Waals surface area contributed by atoms with Crippen molar-refractivity contribution < 1.29 is 9.53 Å². The van der Waals surface area contributed by atoms with E-state index in [4.69, 9.17) is 0 Å². The normalized spacial score (nSPS) is 12.9. The molecule has 22 heavy (non-hydrogen) atoms. The summed E-state index contributed by atoms with van der Waals surface area (Å²) in [6.45, 7) is 6.69. The number of nitrogens with zero attached hydrogens (tertiary/aromatic N) is 3. The molecule has 0 aliphatic carbocycles. The lowest BCUT2D eigenvalue weighted by Gasteiger charge is -2.18. The topological polar surface area (TPSA) is 80.5 Å². The maximum absolute atomic E-state index is 11.1. The standard InChI is InChI=1S/C15H27N5O2/c1-10(9-13-11(2)19-20(5)12(13)3)18-15(16-4)17-8-7-14(21)22-6/h10H,7-9H2,1-6H3,(H2,16,17,18). The number of aryl methyl sites for hydroxylation is 2. The van der Waals surface area contributed by atoms with Gasteiger partial charge in [-0.3, -0.25) is 14.5 Å². The van der Waals surface area contributed by atoms with Crippen molar-refractivity contribution in [3.63, 3.8) is 0 Å². The summed E-state index contributed by atoms with van der Waals surface area (Å²) < 4.78 is 6.51. The first kappa shape index (κ1) is 18.0. The minimum atomic E-state index is -0.238. The molecule has 0 radical (unpaired) electrons. The predicted molar refractivity (Wildman–Crippen MR) is 87.0 cm³/mol. The molecular weight excluding hydrogens is 282 g/mol. The molecule has 0 fully saturated rings. The van der Waals surface area contributed by atoms with Gasteiger partial charge in [-0.15, -0.1) is 0 Å². The summed E-state index contributed by atoms with van der Waals surface area (Å²) in [6.07, 6.45) is 1.18. The van der Waals surface area contributed by atoms with E-state index in [0.29, 0.717) is 18.9 Å². The molecule has 1 aromatic rings. The van der Waals surface area contributed by atoms with Crippen LogP contribution in [-0.2, 0) is 23.0 Å². The van der Waals surface area contributed by atoms with Crippen molar-refractivity contribution in [1.82, 2.24) is 20.4 Å². The molecule has 0 aliphatic heterocycles. The zero-order valence-corrected chi connectivity index (χ0v) is 14.4. The van der Waals surface area contributed by atoms with Crippen LogP contribution in [0.5, 0.6) is 0 Å². The number of carbonyl (C=O) groups excluding carboxylic acids is 1. The van der Waals surface area contributed by atoms with Crippen LogP contribution in [0.3, 0.4) is 0 Å². The molecule has 2 N–H and O–H groups in total. The number of nitrogens with one attached hydrogen (secondary N) is 2. The van der Waals surface area contributed by atoms with Crippen LogP contribution in [0.15, 0.2) is 4.99 Å². The molecule has 124 valence electrons. The molecule has 0 saturated carbocycles. The Bertz CT molecular complexity index is 536. The number of carbonyl (C=O) groups is 1. The monoisotopic (exact) mass is 309 g/mol. The molecule has 0 bridgehead atoms. The van der Waals surface area contributed by atoms with Gasteiger partial charge in [-0.25, -0.2) is 0 Å². The number of aliphatic imine (C=N–C) groups is 1. The van der Waals surface area contributed by atoms with Crippen LogP contribution in [0.25, 0.3) is 0 Å². The number of methoxy groups -OCH3 is 1. The molecular formula is C15H27N5O2. The van der Waals surface area contributed by atoms with Crippen LogP contribution in [0, 0.1) is 13.8 Å². The van der Waals surface area contributed by atoms with E-state index < -0.39 is 0 Å². The number of guanidine groups is 1. The molecule has 7 heteroatoms. The second kappa shape index (κ2) is 8.41. The molecule has 1 heterocycles. The lowest BCUT2D eigenvalue weighted by molar-refractivity contribution is -0.140. The Morgan fingerprint density at radius 3 is 2.64 bits per heavy atom. The van der Waals surface area contributed by atoms with Gasteiger partial charge in [0.1, 0.15) is 0 Å². The van der Waals surface area contributed by atoms with Crippen molar-refractivity contribution in [3.8, 4) is 0 Å².